The Kier molecular flexibility index (Phi) is 3.53. The van der Waals surface area contributed by atoms with Crippen LogP contribution in [-0.4, -0.2) is 12.8 Å². The van der Waals surface area contributed by atoms with E-state index in [2.05, 4.69) is 25.0 Å². The van der Waals surface area contributed by atoms with Crippen molar-refractivity contribution < 1.29 is 0 Å². The minimum Gasteiger partial charge on any atom is -0.256 e. The molecule has 2 rings (SSSR count). The SMILES string of the molecule is [B]C#N.c1ccc2ncccc2c1. The van der Waals surface area contributed by atoms with E-state index >= 15 is 0 Å². The van der Waals surface area contributed by atoms with Crippen molar-refractivity contribution in [2.45, 2.75) is 0 Å². The molecule has 0 aliphatic rings. The standard InChI is InChI=1S/C9H7N.CBN/c1-2-6-9-8(4-1)5-3-7-10-9;2-1-3/h1-7H;. The molecule has 0 bridgehead atoms. The number of hydrogen-bond donors (Lipinski definition) is 0. The van der Waals surface area contributed by atoms with Gasteiger partial charge in [-0.3, -0.25) is 4.98 Å². The van der Waals surface area contributed by atoms with Crippen LogP contribution in [0.4, 0.5) is 0 Å². The zero-order valence-corrected chi connectivity index (χ0v) is 7.01. The van der Waals surface area contributed by atoms with Crippen LogP contribution in [0.25, 0.3) is 10.9 Å². The molecule has 2 radical (unpaired) electrons. The molecule has 13 heavy (non-hydrogen) atoms. The summed E-state index contributed by atoms with van der Waals surface area (Å²) in [6.07, 6.45) is 1.81. The van der Waals surface area contributed by atoms with Gasteiger partial charge >= 0.3 is 0 Å². The molecule has 0 aliphatic heterocycles. The van der Waals surface area contributed by atoms with Gasteiger partial charge in [0.2, 0.25) is 7.85 Å². The molecule has 0 spiro atoms. The minimum absolute atomic E-state index is 1.06. The fourth-order valence-corrected chi connectivity index (χ4v) is 1.02. The lowest BCUT2D eigenvalue weighted by Crippen LogP contribution is -1.73. The van der Waals surface area contributed by atoms with Crippen LogP contribution in [0.3, 0.4) is 0 Å². The van der Waals surface area contributed by atoms with E-state index in [1.54, 1.807) is 0 Å². The minimum atomic E-state index is 1.06. The Morgan fingerprint density at radius 2 is 1.77 bits per heavy atom. The van der Waals surface area contributed by atoms with E-state index in [-0.39, 0.29) is 0 Å². The van der Waals surface area contributed by atoms with Gasteiger partial charge in [-0.15, -0.1) is 0 Å². The lowest BCUT2D eigenvalue weighted by Gasteiger charge is -1.91. The van der Waals surface area contributed by atoms with Crippen LogP contribution >= 0.6 is 0 Å². The maximum Gasteiger partial charge on any atom is 0.229 e. The summed E-state index contributed by atoms with van der Waals surface area (Å²) in [4.78, 5) is 4.18. The van der Waals surface area contributed by atoms with Crippen molar-refractivity contribution in [1.29, 1.82) is 5.26 Å². The van der Waals surface area contributed by atoms with Crippen LogP contribution in [0, 0.1) is 11.2 Å². The lowest BCUT2D eigenvalue weighted by molar-refractivity contribution is 1.41. The van der Waals surface area contributed by atoms with Crippen molar-refractivity contribution in [3.05, 3.63) is 42.6 Å². The highest BCUT2D eigenvalue weighted by molar-refractivity contribution is 6.20. The highest BCUT2D eigenvalue weighted by Crippen LogP contribution is 2.07. The zero-order chi connectivity index (χ0) is 9.52. The first-order valence-electron chi connectivity index (χ1n) is 3.78. The van der Waals surface area contributed by atoms with Crippen molar-refractivity contribution in [1.82, 2.24) is 4.98 Å². The molecule has 3 heteroatoms. The van der Waals surface area contributed by atoms with Crippen molar-refractivity contribution in [3.8, 4) is 5.97 Å². The molecule has 2 aromatic rings. The molecule has 1 aromatic carbocycles. The molecule has 0 aliphatic carbocycles. The van der Waals surface area contributed by atoms with Gasteiger partial charge in [0.1, 0.15) is 0 Å². The number of pyridine rings is 1. The monoisotopic (exact) mass is 166 g/mol. The predicted octanol–water partition coefficient (Wildman–Crippen LogP) is 1.87. The summed E-state index contributed by atoms with van der Waals surface area (Å²) in [6.45, 7) is 0. The molecule has 0 amide bonds. The van der Waals surface area contributed by atoms with Crippen molar-refractivity contribution in [2.24, 2.45) is 0 Å². The van der Waals surface area contributed by atoms with Crippen LogP contribution in [0.2, 0.25) is 0 Å². The summed E-state index contributed by atoms with van der Waals surface area (Å²) in [7, 11) is 4.15. The summed E-state index contributed by atoms with van der Waals surface area (Å²) >= 11 is 0. The molecule has 0 atom stereocenters. The molecule has 0 N–H and O–H groups in total. The normalized spacial score (nSPS) is 8.23. The molecule has 0 unspecified atom stereocenters. The van der Waals surface area contributed by atoms with Crippen LogP contribution in [0.15, 0.2) is 42.6 Å². The van der Waals surface area contributed by atoms with E-state index in [0.29, 0.717) is 0 Å². The van der Waals surface area contributed by atoms with Crippen LogP contribution < -0.4 is 0 Å². The van der Waals surface area contributed by atoms with E-state index in [9.17, 15) is 0 Å². The molecule has 1 heterocycles. The third-order valence-corrected chi connectivity index (χ3v) is 1.51. The Labute approximate surface area is 78.2 Å². The molecular weight excluding hydrogens is 159 g/mol. The van der Waals surface area contributed by atoms with E-state index in [4.69, 9.17) is 5.26 Å². The van der Waals surface area contributed by atoms with Crippen LogP contribution in [-0.2, 0) is 0 Å². The van der Waals surface area contributed by atoms with Gasteiger partial charge in [-0.2, -0.15) is 0 Å². The predicted molar refractivity (Wildman–Crippen MR) is 53.1 cm³/mol. The second kappa shape index (κ2) is 4.94. The summed E-state index contributed by atoms with van der Waals surface area (Å²) < 4.78 is 0. The van der Waals surface area contributed by atoms with Crippen LogP contribution in [0.5, 0.6) is 0 Å². The molecular formula is C10H7BN2. The van der Waals surface area contributed by atoms with E-state index in [1.807, 2.05) is 30.5 Å². The zero-order valence-electron chi connectivity index (χ0n) is 7.01. The maximum absolute atomic E-state index is 7.10. The van der Waals surface area contributed by atoms with Gasteiger partial charge in [0.05, 0.1) is 5.52 Å². The van der Waals surface area contributed by atoms with E-state index in [0.717, 1.165) is 5.52 Å². The second-order valence-corrected chi connectivity index (χ2v) is 2.33. The lowest BCUT2D eigenvalue weighted by atomic mass is 10.2. The van der Waals surface area contributed by atoms with Gasteiger partial charge in [-0.05, 0) is 18.1 Å². The Morgan fingerprint density at radius 3 is 2.46 bits per heavy atom. The first-order valence-corrected chi connectivity index (χ1v) is 3.78. The Morgan fingerprint density at radius 1 is 1.15 bits per heavy atom. The molecule has 0 saturated carbocycles. The summed E-state index contributed by atoms with van der Waals surface area (Å²) in [5.41, 5.74) is 1.06. The fraction of sp³-hybridized carbons (Fsp3) is 0. The van der Waals surface area contributed by atoms with Gasteiger partial charge in [-0.25, -0.2) is 5.26 Å². The number of nitriles is 1. The van der Waals surface area contributed by atoms with Gasteiger partial charge < -0.3 is 0 Å². The van der Waals surface area contributed by atoms with Crippen molar-refractivity contribution >= 4 is 18.7 Å². The van der Waals surface area contributed by atoms with Crippen LogP contribution in [0.1, 0.15) is 0 Å². The van der Waals surface area contributed by atoms with Gasteiger partial charge in [-0.1, -0.05) is 24.3 Å². The number of benzene rings is 1. The van der Waals surface area contributed by atoms with E-state index < -0.39 is 0 Å². The number of nitrogens with zero attached hydrogens (tertiary/aromatic N) is 2. The van der Waals surface area contributed by atoms with Crippen molar-refractivity contribution in [3.63, 3.8) is 0 Å². The highest BCUT2D eigenvalue weighted by atomic mass is 14.6. The highest BCUT2D eigenvalue weighted by Gasteiger charge is 1.86. The smallest absolute Gasteiger partial charge is 0.229 e. The molecule has 2 nitrogen and oxygen atoms in total. The molecule has 1 aromatic heterocycles. The average molecular weight is 166 g/mol. The maximum atomic E-state index is 7.10. The third-order valence-electron chi connectivity index (χ3n) is 1.51. The summed E-state index contributed by atoms with van der Waals surface area (Å²) in [5.74, 6) is 1.25. The summed E-state index contributed by atoms with van der Waals surface area (Å²) in [5, 5.41) is 8.30. The van der Waals surface area contributed by atoms with Gasteiger partial charge in [0.25, 0.3) is 0 Å². The van der Waals surface area contributed by atoms with Gasteiger partial charge in [0, 0.05) is 11.6 Å². The number of para-hydroxylation sites is 1. The number of aromatic nitrogens is 1. The first-order chi connectivity index (χ1) is 6.38. The Bertz CT molecular complexity index is 355. The Balaban J connectivity index is 0.000000251. The molecule has 0 saturated heterocycles. The van der Waals surface area contributed by atoms with Crippen molar-refractivity contribution in [2.75, 3.05) is 0 Å². The number of fused-ring (bicyclic) bond motifs is 1. The van der Waals surface area contributed by atoms with E-state index in [1.165, 1.54) is 11.4 Å². The number of hydrogen-bond acceptors (Lipinski definition) is 2. The van der Waals surface area contributed by atoms with Gasteiger partial charge in [0.15, 0.2) is 0 Å². The second-order valence-electron chi connectivity index (χ2n) is 2.33. The quantitative estimate of drug-likeness (QED) is 0.560. The molecule has 0 fully saturated rings. The largest absolute Gasteiger partial charge is 0.256 e. The summed E-state index contributed by atoms with van der Waals surface area (Å²) in [6, 6.07) is 12.1. The third kappa shape index (κ3) is 2.60. The topological polar surface area (TPSA) is 36.7 Å². The Hall–Kier alpha value is -1.82. The molecule has 60 valence electrons. The number of rotatable bonds is 0. The fourth-order valence-electron chi connectivity index (χ4n) is 1.02. The first kappa shape index (κ1) is 9.27. The average Bonchev–Trinajstić information content (AvgIpc) is 2.19.